The highest BCUT2D eigenvalue weighted by atomic mass is 32.1. The van der Waals surface area contributed by atoms with Crippen LogP contribution in [0.5, 0.6) is 0 Å². The summed E-state index contributed by atoms with van der Waals surface area (Å²) in [6.45, 7) is 5.88. The fourth-order valence-electron chi connectivity index (χ4n) is 3.33. The van der Waals surface area contributed by atoms with Crippen molar-refractivity contribution in [1.82, 2.24) is 15.3 Å². The number of amides is 2. The Bertz CT molecular complexity index is 1190. The van der Waals surface area contributed by atoms with E-state index in [1.54, 1.807) is 19.9 Å². The summed E-state index contributed by atoms with van der Waals surface area (Å²) in [6.07, 6.45) is 0.625. The number of halogens is 1. The summed E-state index contributed by atoms with van der Waals surface area (Å²) < 4.78 is 19.6. The van der Waals surface area contributed by atoms with Crippen LogP contribution >= 0.6 is 11.3 Å². The SMILES string of the molecule is C[C@H]1c2sc(NC(=O)NCC(C)(C)O)nc2CCN1c1nc2cc(C#N)c(F)cc2o1. The van der Waals surface area contributed by atoms with E-state index >= 15 is 0 Å². The summed E-state index contributed by atoms with van der Waals surface area (Å²) in [5.41, 5.74) is 0.494. The molecule has 1 aromatic carbocycles. The van der Waals surface area contributed by atoms with E-state index in [2.05, 4.69) is 20.6 Å². The van der Waals surface area contributed by atoms with Gasteiger partial charge < -0.3 is 19.7 Å². The molecule has 31 heavy (non-hydrogen) atoms. The summed E-state index contributed by atoms with van der Waals surface area (Å²) in [6, 6.07) is 4.13. The summed E-state index contributed by atoms with van der Waals surface area (Å²) in [5.74, 6) is -0.646. The van der Waals surface area contributed by atoms with Gasteiger partial charge in [0, 0.05) is 25.6 Å². The molecule has 11 heteroatoms. The first-order chi connectivity index (χ1) is 14.6. The monoisotopic (exact) mass is 444 g/mol. The van der Waals surface area contributed by atoms with E-state index in [4.69, 9.17) is 9.68 Å². The van der Waals surface area contributed by atoms with Crippen molar-refractivity contribution in [2.45, 2.75) is 38.8 Å². The molecule has 3 N–H and O–H groups in total. The summed E-state index contributed by atoms with van der Waals surface area (Å²) in [7, 11) is 0. The number of hydrogen-bond donors (Lipinski definition) is 3. The number of benzene rings is 1. The van der Waals surface area contributed by atoms with E-state index in [0.29, 0.717) is 29.6 Å². The average molecular weight is 444 g/mol. The molecular formula is C20H21FN6O3S. The first-order valence-corrected chi connectivity index (χ1v) is 10.5. The molecule has 0 radical (unpaired) electrons. The minimum absolute atomic E-state index is 0.0811. The third-order valence-electron chi connectivity index (χ3n) is 4.90. The Hall–Kier alpha value is -3.23. The molecule has 3 aromatic rings. The number of nitriles is 1. The van der Waals surface area contributed by atoms with Gasteiger partial charge in [0.15, 0.2) is 10.7 Å². The van der Waals surface area contributed by atoms with Crippen molar-refractivity contribution in [3.63, 3.8) is 0 Å². The Morgan fingerprint density at radius 3 is 2.97 bits per heavy atom. The van der Waals surface area contributed by atoms with E-state index in [1.165, 1.54) is 23.5 Å². The summed E-state index contributed by atoms with van der Waals surface area (Å²) in [4.78, 5) is 23.9. The molecule has 0 unspecified atom stereocenters. The largest absolute Gasteiger partial charge is 0.423 e. The molecule has 2 aromatic heterocycles. The predicted octanol–water partition coefficient (Wildman–Crippen LogP) is 3.31. The van der Waals surface area contributed by atoms with Gasteiger partial charge in [-0.05, 0) is 26.8 Å². The lowest BCUT2D eigenvalue weighted by molar-refractivity contribution is 0.0826. The highest BCUT2D eigenvalue weighted by Gasteiger charge is 2.31. The molecule has 0 fully saturated rings. The zero-order valence-corrected chi connectivity index (χ0v) is 18.0. The van der Waals surface area contributed by atoms with Gasteiger partial charge in [-0.3, -0.25) is 5.32 Å². The highest BCUT2D eigenvalue weighted by Crippen LogP contribution is 2.39. The lowest BCUT2D eigenvalue weighted by atomic mass is 10.1. The van der Waals surface area contributed by atoms with Gasteiger partial charge in [0.1, 0.15) is 17.4 Å². The number of nitrogens with one attached hydrogen (secondary N) is 2. The van der Waals surface area contributed by atoms with E-state index < -0.39 is 17.4 Å². The molecule has 2 amide bonds. The standard InChI is InChI=1S/C20H21FN6O3S/c1-10-16-13(24-18(31-16)26-17(28)23-9-20(2,3)29)4-5-27(10)19-25-14-6-11(8-22)12(21)7-15(14)30-19/h6-7,10,29H,4-5,9H2,1-3H3,(H2,23,24,26,28)/t10-/m0/s1. The van der Waals surface area contributed by atoms with Crippen LogP contribution in [0.3, 0.4) is 0 Å². The number of aromatic nitrogens is 2. The zero-order valence-electron chi connectivity index (χ0n) is 17.2. The summed E-state index contributed by atoms with van der Waals surface area (Å²) in [5, 5.41) is 24.5. The number of nitrogens with zero attached hydrogens (tertiary/aromatic N) is 4. The Labute approximate surface area is 181 Å². The number of urea groups is 1. The molecule has 162 valence electrons. The number of carbonyl (C=O) groups excluding carboxylic acids is 1. The highest BCUT2D eigenvalue weighted by molar-refractivity contribution is 7.16. The van der Waals surface area contributed by atoms with Gasteiger partial charge in [-0.1, -0.05) is 11.3 Å². The minimum atomic E-state index is -1.01. The van der Waals surface area contributed by atoms with Gasteiger partial charge in [0.25, 0.3) is 6.01 Å². The second-order valence-electron chi connectivity index (χ2n) is 7.98. The van der Waals surface area contributed by atoms with Crippen LogP contribution in [0.25, 0.3) is 11.1 Å². The fraction of sp³-hybridized carbons (Fsp3) is 0.400. The van der Waals surface area contributed by atoms with Crippen molar-refractivity contribution in [1.29, 1.82) is 5.26 Å². The average Bonchev–Trinajstić information content (AvgIpc) is 3.29. The molecular weight excluding hydrogens is 423 g/mol. The topological polar surface area (TPSA) is 127 Å². The van der Waals surface area contributed by atoms with Crippen LogP contribution in [0.4, 0.5) is 20.3 Å². The van der Waals surface area contributed by atoms with Crippen molar-refractivity contribution in [3.8, 4) is 6.07 Å². The Kier molecular flexibility index (Phi) is 5.28. The lowest BCUT2D eigenvalue weighted by Gasteiger charge is -2.31. The van der Waals surface area contributed by atoms with E-state index in [1.807, 2.05) is 11.8 Å². The second-order valence-corrected chi connectivity index (χ2v) is 9.01. The Morgan fingerprint density at radius 2 is 2.26 bits per heavy atom. The number of rotatable bonds is 4. The van der Waals surface area contributed by atoms with Gasteiger partial charge >= 0.3 is 6.03 Å². The molecule has 1 aliphatic rings. The van der Waals surface area contributed by atoms with Crippen molar-refractivity contribution in [3.05, 3.63) is 34.1 Å². The van der Waals surface area contributed by atoms with E-state index in [0.717, 1.165) is 10.6 Å². The van der Waals surface area contributed by atoms with Crippen molar-refractivity contribution in [2.24, 2.45) is 0 Å². The Morgan fingerprint density at radius 1 is 1.48 bits per heavy atom. The second kappa shape index (κ2) is 7.79. The molecule has 0 bridgehead atoms. The van der Waals surface area contributed by atoms with Crippen LogP contribution in [0.15, 0.2) is 16.5 Å². The maximum absolute atomic E-state index is 13.9. The molecule has 0 saturated heterocycles. The van der Waals surface area contributed by atoms with Gasteiger partial charge in [0.2, 0.25) is 0 Å². The number of hydrogen-bond acceptors (Lipinski definition) is 8. The van der Waals surface area contributed by atoms with Crippen molar-refractivity contribution >= 4 is 39.6 Å². The molecule has 0 saturated carbocycles. The quantitative estimate of drug-likeness (QED) is 0.563. The molecule has 1 atom stereocenters. The van der Waals surface area contributed by atoms with Gasteiger partial charge in [0.05, 0.1) is 27.8 Å². The van der Waals surface area contributed by atoms with Gasteiger partial charge in [-0.2, -0.15) is 10.2 Å². The van der Waals surface area contributed by atoms with Crippen molar-refractivity contribution in [2.75, 3.05) is 23.3 Å². The maximum Gasteiger partial charge on any atom is 0.321 e. The molecule has 4 rings (SSSR count). The van der Waals surface area contributed by atoms with Gasteiger partial charge in [-0.25, -0.2) is 14.2 Å². The number of carbonyl (C=O) groups is 1. The van der Waals surface area contributed by atoms with Crippen LogP contribution in [-0.2, 0) is 6.42 Å². The first kappa shape index (κ1) is 21.0. The maximum atomic E-state index is 13.9. The van der Waals surface area contributed by atoms with Crippen LogP contribution in [0, 0.1) is 17.1 Å². The lowest BCUT2D eigenvalue weighted by Crippen LogP contribution is -2.40. The number of oxazole rings is 1. The fourth-order valence-corrected chi connectivity index (χ4v) is 4.40. The third-order valence-corrected chi connectivity index (χ3v) is 6.08. The van der Waals surface area contributed by atoms with Crippen LogP contribution < -0.4 is 15.5 Å². The molecule has 1 aliphatic heterocycles. The van der Waals surface area contributed by atoms with Crippen LogP contribution in [-0.4, -0.2) is 39.8 Å². The number of thiazole rings is 1. The van der Waals surface area contributed by atoms with Crippen LogP contribution in [0.2, 0.25) is 0 Å². The molecule has 0 aliphatic carbocycles. The third kappa shape index (κ3) is 4.30. The number of anilines is 2. The molecule has 9 nitrogen and oxygen atoms in total. The van der Waals surface area contributed by atoms with Crippen molar-refractivity contribution < 1.29 is 18.7 Å². The first-order valence-electron chi connectivity index (χ1n) is 9.68. The smallest absolute Gasteiger partial charge is 0.321 e. The van der Waals surface area contributed by atoms with Crippen LogP contribution in [0.1, 0.15) is 42.9 Å². The minimum Gasteiger partial charge on any atom is -0.423 e. The number of fused-ring (bicyclic) bond motifs is 2. The summed E-state index contributed by atoms with van der Waals surface area (Å²) >= 11 is 1.36. The number of aliphatic hydroxyl groups is 1. The molecule has 3 heterocycles. The van der Waals surface area contributed by atoms with Gasteiger partial charge in [-0.15, -0.1) is 0 Å². The Balaban J connectivity index is 1.52. The molecule has 0 spiro atoms. The zero-order chi connectivity index (χ0) is 22.3. The van der Waals surface area contributed by atoms with E-state index in [-0.39, 0.29) is 23.7 Å². The normalized spacial score (nSPS) is 16.1. The van der Waals surface area contributed by atoms with E-state index in [9.17, 15) is 14.3 Å². The predicted molar refractivity (Wildman–Crippen MR) is 114 cm³/mol.